The maximum absolute atomic E-state index is 12.6. The highest BCUT2D eigenvalue weighted by Gasteiger charge is 2.23. The molecule has 2 aliphatic heterocycles. The van der Waals surface area contributed by atoms with Crippen LogP contribution in [-0.4, -0.2) is 61.4 Å². The van der Waals surface area contributed by atoms with Gasteiger partial charge in [-0.2, -0.15) is 0 Å². The SMILES string of the molecule is CC(C)(C)OC(=O)NCC(CCl)Nc1ccc2c(c1)Sc1cccc(-c3cc(N4CCOCC4)cc(=O)[nH]3)c1S2. The molecule has 40 heavy (non-hydrogen) atoms. The molecular formula is C29H33ClN4O4S2. The Bertz CT molecular complexity index is 1440. The van der Waals surface area contributed by atoms with Crippen LogP contribution in [0.2, 0.25) is 0 Å². The van der Waals surface area contributed by atoms with E-state index in [1.807, 2.05) is 32.9 Å². The van der Waals surface area contributed by atoms with E-state index in [2.05, 4.69) is 50.8 Å². The molecular weight excluding hydrogens is 568 g/mol. The lowest BCUT2D eigenvalue weighted by molar-refractivity contribution is 0.0526. The number of pyridine rings is 1. The molecule has 0 spiro atoms. The monoisotopic (exact) mass is 600 g/mol. The molecule has 1 saturated heterocycles. The van der Waals surface area contributed by atoms with Crippen molar-refractivity contribution in [1.82, 2.24) is 10.3 Å². The fourth-order valence-electron chi connectivity index (χ4n) is 4.48. The number of anilines is 2. The van der Waals surface area contributed by atoms with Gasteiger partial charge in [-0.15, -0.1) is 11.6 Å². The molecule has 8 nitrogen and oxygen atoms in total. The highest BCUT2D eigenvalue weighted by Crippen LogP contribution is 2.52. The van der Waals surface area contributed by atoms with Crippen LogP contribution in [0.25, 0.3) is 11.3 Å². The minimum atomic E-state index is -0.557. The van der Waals surface area contributed by atoms with E-state index in [-0.39, 0.29) is 11.6 Å². The van der Waals surface area contributed by atoms with E-state index in [1.165, 1.54) is 0 Å². The lowest BCUT2D eigenvalue weighted by Gasteiger charge is -2.29. The number of aromatic nitrogens is 1. The Morgan fingerprint density at radius 1 is 1.10 bits per heavy atom. The lowest BCUT2D eigenvalue weighted by Crippen LogP contribution is -2.40. The van der Waals surface area contributed by atoms with Gasteiger partial charge in [0.05, 0.1) is 24.9 Å². The van der Waals surface area contributed by atoms with Gasteiger partial charge in [-0.1, -0.05) is 35.7 Å². The first-order valence-corrected chi connectivity index (χ1v) is 15.3. The van der Waals surface area contributed by atoms with Crippen molar-refractivity contribution in [3.8, 4) is 11.3 Å². The number of H-pyrrole nitrogens is 1. The van der Waals surface area contributed by atoms with Crippen molar-refractivity contribution in [3.05, 3.63) is 58.9 Å². The van der Waals surface area contributed by atoms with Crippen LogP contribution in [-0.2, 0) is 9.47 Å². The number of nitrogens with zero attached hydrogens (tertiary/aromatic N) is 1. The molecule has 0 aliphatic carbocycles. The van der Waals surface area contributed by atoms with E-state index < -0.39 is 11.7 Å². The predicted molar refractivity (Wildman–Crippen MR) is 163 cm³/mol. The van der Waals surface area contributed by atoms with Gasteiger partial charge >= 0.3 is 6.09 Å². The second-order valence-electron chi connectivity index (χ2n) is 10.6. The van der Waals surface area contributed by atoms with Gasteiger partial charge in [-0.3, -0.25) is 4.79 Å². The maximum Gasteiger partial charge on any atom is 0.407 e. The Morgan fingerprint density at radius 2 is 1.90 bits per heavy atom. The number of carbonyl (C=O) groups excluding carboxylic acids is 1. The molecule has 3 heterocycles. The molecule has 3 N–H and O–H groups in total. The normalized spacial score (nSPS) is 15.6. The number of amides is 1. The largest absolute Gasteiger partial charge is 0.444 e. The number of fused-ring (bicyclic) bond motifs is 2. The Labute approximate surface area is 247 Å². The molecule has 0 bridgehead atoms. The number of hydrogen-bond acceptors (Lipinski definition) is 8. The number of carbonyl (C=O) groups is 1. The van der Waals surface area contributed by atoms with Crippen LogP contribution in [0.3, 0.4) is 0 Å². The quantitative estimate of drug-likeness (QED) is 0.221. The Balaban J connectivity index is 1.32. The van der Waals surface area contributed by atoms with E-state index in [0.717, 1.165) is 55.3 Å². The fraction of sp³-hybridized carbons (Fsp3) is 0.379. The summed E-state index contributed by atoms with van der Waals surface area (Å²) in [4.78, 5) is 34.4. The van der Waals surface area contributed by atoms with Crippen molar-refractivity contribution in [2.45, 2.75) is 52.0 Å². The molecule has 212 valence electrons. The van der Waals surface area contributed by atoms with Crippen molar-refractivity contribution in [1.29, 1.82) is 0 Å². The van der Waals surface area contributed by atoms with Gasteiger partial charge in [0.15, 0.2) is 0 Å². The minimum absolute atomic E-state index is 0.115. The number of aromatic amines is 1. The lowest BCUT2D eigenvalue weighted by atomic mass is 10.1. The summed E-state index contributed by atoms with van der Waals surface area (Å²) in [6.45, 7) is 8.69. The van der Waals surface area contributed by atoms with Crippen LogP contribution in [0.15, 0.2) is 72.9 Å². The predicted octanol–water partition coefficient (Wildman–Crippen LogP) is 6.04. The van der Waals surface area contributed by atoms with Crippen molar-refractivity contribution in [2.75, 3.05) is 48.9 Å². The summed E-state index contributed by atoms with van der Waals surface area (Å²) >= 11 is 9.59. The minimum Gasteiger partial charge on any atom is -0.444 e. The summed E-state index contributed by atoms with van der Waals surface area (Å²) < 4.78 is 10.8. The zero-order chi connectivity index (χ0) is 28.3. The number of rotatable bonds is 7. The molecule has 5 rings (SSSR count). The molecule has 1 fully saturated rings. The summed E-state index contributed by atoms with van der Waals surface area (Å²) in [7, 11) is 0. The number of nitrogens with one attached hydrogen (secondary N) is 3. The van der Waals surface area contributed by atoms with Crippen LogP contribution in [0.4, 0.5) is 16.2 Å². The Morgan fingerprint density at radius 3 is 2.65 bits per heavy atom. The molecule has 1 aromatic heterocycles. The molecule has 1 amide bonds. The third-order valence-electron chi connectivity index (χ3n) is 6.30. The molecule has 11 heteroatoms. The number of benzene rings is 2. The standard InChI is InChI=1S/C29H33ClN4O4S2/c1-29(2,3)38-28(36)31-17-19(16-30)32-18-7-8-23-25(13-18)39-24-6-4-5-21(27(24)40-23)22-14-20(15-26(35)33-22)34-9-11-37-12-10-34/h4-8,13-15,19,32H,9-12,16-17H2,1-3H3,(H,31,36)(H,33,35). The van der Waals surface area contributed by atoms with Crippen LogP contribution in [0.1, 0.15) is 20.8 Å². The summed E-state index contributed by atoms with van der Waals surface area (Å²) in [5, 5.41) is 6.21. The number of hydrogen-bond donors (Lipinski definition) is 3. The molecule has 0 saturated carbocycles. The van der Waals surface area contributed by atoms with Gasteiger partial charge in [-0.05, 0) is 51.1 Å². The van der Waals surface area contributed by atoms with Crippen molar-refractivity contribution in [3.63, 3.8) is 0 Å². The van der Waals surface area contributed by atoms with Crippen LogP contribution >= 0.6 is 35.1 Å². The van der Waals surface area contributed by atoms with Crippen LogP contribution < -0.4 is 21.1 Å². The fourth-order valence-corrected chi connectivity index (χ4v) is 7.08. The summed E-state index contributed by atoms with van der Waals surface area (Å²) in [5.74, 6) is 0.322. The third-order valence-corrected chi connectivity index (χ3v) is 9.27. The van der Waals surface area contributed by atoms with Crippen LogP contribution in [0.5, 0.6) is 0 Å². The summed E-state index contributed by atoms with van der Waals surface area (Å²) in [6.07, 6.45) is -0.467. The van der Waals surface area contributed by atoms with Gasteiger partial charge in [-0.25, -0.2) is 4.79 Å². The smallest absolute Gasteiger partial charge is 0.407 e. The number of halogens is 1. The van der Waals surface area contributed by atoms with Crippen molar-refractivity contribution in [2.24, 2.45) is 0 Å². The van der Waals surface area contributed by atoms with Crippen LogP contribution in [0, 0.1) is 0 Å². The highest BCUT2D eigenvalue weighted by atomic mass is 35.5. The first-order valence-electron chi connectivity index (χ1n) is 13.2. The van der Waals surface area contributed by atoms with Gasteiger partial charge in [0, 0.05) is 68.1 Å². The van der Waals surface area contributed by atoms with E-state index in [0.29, 0.717) is 25.6 Å². The number of alkyl halides is 1. The second kappa shape index (κ2) is 12.4. The highest BCUT2D eigenvalue weighted by molar-refractivity contribution is 8.05. The first-order chi connectivity index (χ1) is 19.2. The number of alkyl carbamates (subject to hydrolysis) is 1. The van der Waals surface area contributed by atoms with Gasteiger partial charge < -0.3 is 30.0 Å². The molecule has 2 aliphatic rings. The van der Waals surface area contributed by atoms with E-state index >= 15 is 0 Å². The van der Waals surface area contributed by atoms with Gasteiger partial charge in [0.2, 0.25) is 5.56 Å². The van der Waals surface area contributed by atoms with Crippen molar-refractivity contribution < 1.29 is 14.3 Å². The first kappa shape index (κ1) is 28.7. The average Bonchev–Trinajstić information content (AvgIpc) is 2.93. The molecule has 3 aromatic rings. The zero-order valence-electron chi connectivity index (χ0n) is 22.7. The zero-order valence-corrected chi connectivity index (χ0v) is 25.1. The molecule has 1 atom stereocenters. The Kier molecular flexibility index (Phi) is 8.89. The van der Waals surface area contributed by atoms with E-state index in [1.54, 1.807) is 29.6 Å². The molecule has 1 unspecified atom stereocenters. The van der Waals surface area contributed by atoms with Gasteiger partial charge in [0.25, 0.3) is 0 Å². The van der Waals surface area contributed by atoms with E-state index in [4.69, 9.17) is 21.1 Å². The third kappa shape index (κ3) is 7.09. The summed E-state index contributed by atoms with van der Waals surface area (Å²) in [6, 6.07) is 16.0. The van der Waals surface area contributed by atoms with Gasteiger partial charge in [0.1, 0.15) is 5.60 Å². The average molecular weight is 601 g/mol. The summed E-state index contributed by atoms with van der Waals surface area (Å²) in [5.41, 5.74) is 2.98. The molecule has 2 aromatic carbocycles. The maximum atomic E-state index is 12.6. The topological polar surface area (TPSA) is 95.7 Å². The second-order valence-corrected chi connectivity index (χ2v) is 13.0. The molecule has 0 radical (unpaired) electrons. The Hall–Kier alpha value is -2.79. The number of morpholine rings is 1. The van der Waals surface area contributed by atoms with E-state index in [9.17, 15) is 9.59 Å². The number of ether oxygens (including phenoxy) is 2. The van der Waals surface area contributed by atoms with Crippen molar-refractivity contribution >= 4 is 52.6 Å².